The molecule has 40 heavy (non-hydrogen) atoms. The van der Waals surface area contributed by atoms with E-state index in [2.05, 4.69) is 96.1 Å². The number of hydrogen-bond acceptors (Lipinski definition) is 3. The lowest BCUT2D eigenvalue weighted by Crippen LogP contribution is -2.34. The molecule has 1 aliphatic heterocycles. The largest absolute Gasteiger partial charge is 0.341 e. The maximum Gasteiger partial charge on any atom is 0.253 e. The number of aryl methyl sites for hydroxylation is 2. The number of aromatic nitrogens is 3. The van der Waals surface area contributed by atoms with Crippen molar-refractivity contribution in [1.82, 2.24) is 23.9 Å². The second kappa shape index (κ2) is 12.6. The predicted molar refractivity (Wildman–Crippen MR) is 167 cm³/mol. The molecule has 4 aromatic rings. The number of fused-ring (bicyclic) bond motifs is 2. The number of para-hydroxylation sites is 1. The SMILES string of the molecule is CC(C)CCN(CCC(C)C)C(=O)c1ccc2nc(-c3cc4ccccc4n3C)n(CCCN3CCCC3)c2c1. The van der Waals surface area contributed by atoms with Crippen molar-refractivity contribution in [2.45, 2.75) is 66.3 Å². The summed E-state index contributed by atoms with van der Waals surface area (Å²) in [6.07, 6.45) is 5.72. The fraction of sp³-hybridized carbons (Fsp3) is 0.529. The number of carbonyl (C=O) groups excluding carboxylic acids is 1. The molecule has 0 bridgehead atoms. The van der Waals surface area contributed by atoms with E-state index in [0.717, 1.165) is 73.6 Å². The van der Waals surface area contributed by atoms with Crippen LogP contribution in [0, 0.1) is 11.8 Å². The number of carbonyl (C=O) groups is 1. The van der Waals surface area contributed by atoms with Crippen LogP contribution in [0.15, 0.2) is 48.5 Å². The van der Waals surface area contributed by atoms with Gasteiger partial charge in [0.1, 0.15) is 0 Å². The van der Waals surface area contributed by atoms with Crippen LogP contribution in [0.4, 0.5) is 0 Å². The number of hydrogen-bond donors (Lipinski definition) is 0. The molecule has 0 saturated carbocycles. The van der Waals surface area contributed by atoms with Gasteiger partial charge in [0, 0.05) is 43.1 Å². The van der Waals surface area contributed by atoms with E-state index < -0.39 is 0 Å². The molecule has 2 aromatic carbocycles. The summed E-state index contributed by atoms with van der Waals surface area (Å²) >= 11 is 0. The minimum absolute atomic E-state index is 0.138. The van der Waals surface area contributed by atoms with Gasteiger partial charge in [0.25, 0.3) is 5.91 Å². The first-order chi connectivity index (χ1) is 19.3. The molecule has 1 amide bonds. The van der Waals surface area contributed by atoms with Gasteiger partial charge in [-0.3, -0.25) is 4.79 Å². The summed E-state index contributed by atoms with van der Waals surface area (Å²) in [7, 11) is 2.13. The molecule has 1 aliphatic rings. The highest BCUT2D eigenvalue weighted by Gasteiger charge is 2.21. The molecule has 0 spiro atoms. The minimum Gasteiger partial charge on any atom is -0.341 e. The van der Waals surface area contributed by atoms with Gasteiger partial charge >= 0.3 is 0 Å². The van der Waals surface area contributed by atoms with Crippen molar-refractivity contribution < 1.29 is 4.79 Å². The summed E-state index contributed by atoms with van der Waals surface area (Å²) in [6.45, 7) is 14.9. The summed E-state index contributed by atoms with van der Waals surface area (Å²) in [4.78, 5) is 23.6. The zero-order valence-electron chi connectivity index (χ0n) is 25.2. The Labute approximate surface area is 240 Å². The maximum atomic E-state index is 13.8. The molecular weight excluding hydrogens is 494 g/mol. The van der Waals surface area contributed by atoms with Gasteiger partial charge < -0.3 is 18.9 Å². The number of amides is 1. The van der Waals surface area contributed by atoms with Gasteiger partial charge in [-0.25, -0.2) is 4.98 Å². The number of likely N-dealkylation sites (tertiary alicyclic amines) is 1. The maximum absolute atomic E-state index is 13.8. The van der Waals surface area contributed by atoms with E-state index in [1.807, 2.05) is 6.07 Å². The van der Waals surface area contributed by atoms with Gasteiger partial charge in [0.15, 0.2) is 5.82 Å². The molecule has 0 N–H and O–H groups in total. The lowest BCUT2D eigenvalue weighted by atomic mass is 10.1. The molecule has 2 aromatic heterocycles. The first kappa shape index (κ1) is 28.4. The summed E-state index contributed by atoms with van der Waals surface area (Å²) in [6, 6.07) is 16.9. The molecule has 0 unspecified atom stereocenters. The predicted octanol–water partition coefficient (Wildman–Crippen LogP) is 7.22. The second-order valence-electron chi connectivity index (χ2n) is 12.5. The smallest absolute Gasteiger partial charge is 0.253 e. The Hall–Kier alpha value is -3.12. The van der Waals surface area contributed by atoms with Crippen LogP contribution in [0.3, 0.4) is 0 Å². The van der Waals surface area contributed by atoms with Crippen LogP contribution in [0.1, 0.15) is 70.2 Å². The fourth-order valence-corrected chi connectivity index (χ4v) is 5.97. The Morgan fingerprint density at radius 1 is 0.900 bits per heavy atom. The van der Waals surface area contributed by atoms with Crippen LogP contribution in [-0.4, -0.2) is 62.5 Å². The molecule has 0 aliphatic carbocycles. The highest BCUT2D eigenvalue weighted by molar-refractivity contribution is 5.98. The van der Waals surface area contributed by atoms with Gasteiger partial charge in [0.2, 0.25) is 0 Å². The summed E-state index contributed by atoms with van der Waals surface area (Å²) < 4.78 is 4.61. The zero-order valence-corrected chi connectivity index (χ0v) is 25.2. The van der Waals surface area contributed by atoms with Crippen molar-refractivity contribution in [1.29, 1.82) is 0 Å². The van der Waals surface area contributed by atoms with E-state index in [4.69, 9.17) is 4.98 Å². The van der Waals surface area contributed by atoms with E-state index in [0.29, 0.717) is 11.8 Å². The third-order valence-electron chi connectivity index (χ3n) is 8.47. The van der Waals surface area contributed by atoms with Gasteiger partial charge in [-0.15, -0.1) is 0 Å². The Morgan fingerprint density at radius 3 is 2.27 bits per heavy atom. The van der Waals surface area contributed by atoms with Crippen molar-refractivity contribution in [3.63, 3.8) is 0 Å². The average Bonchev–Trinajstić information content (AvgIpc) is 3.66. The third kappa shape index (κ3) is 6.27. The molecule has 214 valence electrons. The van der Waals surface area contributed by atoms with Crippen molar-refractivity contribution in [2.24, 2.45) is 18.9 Å². The number of benzene rings is 2. The van der Waals surface area contributed by atoms with Gasteiger partial charge in [-0.1, -0.05) is 45.9 Å². The number of rotatable bonds is 12. The number of imidazole rings is 1. The Morgan fingerprint density at radius 2 is 1.60 bits per heavy atom. The Balaban J connectivity index is 1.51. The molecule has 5 rings (SSSR count). The molecule has 6 heteroatoms. The monoisotopic (exact) mass is 541 g/mol. The molecule has 0 atom stereocenters. The molecular formula is C34H47N5O. The first-order valence-corrected chi connectivity index (χ1v) is 15.4. The number of nitrogens with zero attached hydrogens (tertiary/aromatic N) is 5. The van der Waals surface area contributed by atoms with Crippen LogP contribution in [0.5, 0.6) is 0 Å². The van der Waals surface area contributed by atoms with Crippen molar-refractivity contribution in [3.8, 4) is 11.5 Å². The summed E-state index contributed by atoms with van der Waals surface area (Å²) in [5, 5.41) is 1.22. The van der Waals surface area contributed by atoms with Gasteiger partial charge in [-0.05, 0) is 93.9 Å². The highest BCUT2D eigenvalue weighted by atomic mass is 16.2. The van der Waals surface area contributed by atoms with E-state index in [1.165, 1.54) is 36.8 Å². The van der Waals surface area contributed by atoms with E-state index in [-0.39, 0.29) is 5.91 Å². The van der Waals surface area contributed by atoms with E-state index in [1.54, 1.807) is 0 Å². The average molecular weight is 542 g/mol. The Kier molecular flexibility index (Phi) is 8.94. The summed E-state index contributed by atoms with van der Waals surface area (Å²) in [5.74, 6) is 2.25. The van der Waals surface area contributed by atoms with Gasteiger partial charge in [0.05, 0.1) is 16.7 Å². The minimum atomic E-state index is 0.138. The fourth-order valence-electron chi connectivity index (χ4n) is 5.97. The highest BCUT2D eigenvalue weighted by Crippen LogP contribution is 2.31. The van der Waals surface area contributed by atoms with Crippen molar-refractivity contribution in [2.75, 3.05) is 32.7 Å². The van der Waals surface area contributed by atoms with Crippen LogP contribution in [-0.2, 0) is 13.6 Å². The van der Waals surface area contributed by atoms with E-state index >= 15 is 0 Å². The summed E-state index contributed by atoms with van der Waals surface area (Å²) in [5.41, 5.74) is 5.09. The first-order valence-electron chi connectivity index (χ1n) is 15.4. The van der Waals surface area contributed by atoms with Gasteiger partial charge in [-0.2, -0.15) is 0 Å². The van der Waals surface area contributed by atoms with Crippen LogP contribution in [0.2, 0.25) is 0 Å². The van der Waals surface area contributed by atoms with Crippen LogP contribution >= 0.6 is 0 Å². The zero-order chi connectivity index (χ0) is 28.2. The molecule has 1 saturated heterocycles. The van der Waals surface area contributed by atoms with E-state index in [9.17, 15) is 4.79 Å². The van der Waals surface area contributed by atoms with Crippen LogP contribution < -0.4 is 0 Å². The molecule has 0 radical (unpaired) electrons. The molecule has 1 fully saturated rings. The molecule has 6 nitrogen and oxygen atoms in total. The quantitative estimate of drug-likeness (QED) is 0.190. The third-order valence-corrected chi connectivity index (χ3v) is 8.47. The topological polar surface area (TPSA) is 46.3 Å². The standard InChI is InChI=1S/C34H47N5O/c1-25(2)15-21-38(22-16-26(3)4)34(40)28-13-14-29-31(24-28)39(20-10-19-37-17-8-9-18-37)33(35-29)32-23-27-11-6-7-12-30(27)36(32)5/h6-7,11-14,23-26H,8-10,15-22H2,1-5H3. The lowest BCUT2D eigenvalue weighted by Gasteiger charge is -2.25. The second-order valence-corrected chi connectivity index (χ2v) is 12.5. The van der Waals surface area contributed by atoms with Crippen molar-refractivity contribution >= 4 is 27.8 Å². The van der Waals surface area contributed by atoms with Crippen molar-refractivity contribution in [3.05, 3.63) is 54.1 Å². The van der Waals surface area contributed by atoms with Crippen LogP contribution in [0.25, 0.3) is 33.5 Å². The molecule has 3 heterocycles. The Bertz CT molecular complexity index is 1430. The lowest BCUT2D eigenvalue weighted by molar-refractivity contribution is 0.0741. The normalized spacial score (nSPS) is 14.4.